The van der Waals surface area contributed by atoms with E-state index in [0.29, 0.717) is 22.8 Å². The summed E-state index contributed by atoms with van der Waals surface area (Å²) < 4.78 is 10.8. The third-order valence-corrected chi connectivity index (χ3v) is 3.53. The topological polar surface area (TPSA) is 88.1 Å². The van der Waals surface area contributed by atoms with Gasteiger partial charge in [0.2, 0.25) is 0 Å². The molecule has 1 atom stereocenters. The van der Waals surface area contributed by atoms with Gasteiger partial charge in [-0.3, -0.25) is 4.79 Å². The molecule has 0 saturated heterocycles. The van der Waals surface area contributed by atoms with Gasteiger partial charge >= 0.3 is 0 Å². The lowest BCUT2D eigenvalue weighted by Gasteiger charge is -2.15. The van der Waals surface area contributed by atoms with Crippen LogP contribution in [-0.4, -0.2) is 17.0 Å². The largest absolute Gasteiger partial charge is 0.481 e. The number of anilines is 1. The van der Waals surface area contributed by atoms with E-state index in [1.165, 1.54) is 6.39 Å². The Morgan fingerprint density at radius 1 is 1.20 bits per heavy atom. The van der Waals surface area contributed by atoms with Crippen LogP contribution >= 0.6 is 0 Å². The molecule has 0 spiro atoms. The number of rotatable bonds is 5. The molecular formula is C19H15N3O3. The van der Waals surface area contributed by atoms with Gasteiger partial charge in [0.15, 0.2) is 18.3 Å². The van der Waals surface area contributed by atoms with E-state index < -0.39 is 6.10 Å². The van der Waals surface area contributed by atoms with Crippen LogP contribution in [0.15, 0.2) is 65.5 Å². The summed E-state index contributed by atoms with van der Waals surface area (Å²) in [6.45, 7) is 1.66. The van der Waals surface area contributed by atoms with Gasteiger partial charge in [-0.1, -0.05) is 0 Å². The highest BCUT2D eigenvalue weighted by Gasteiger charge is 2.15. The van der Waals surface area contributed by atoms with Crippen LogP contribution in [0, 0.1) is 11.3 Å². The third kappa shape index (κ3) is 4.03. The normalized spacial score (nSPS) is 11.4. The van der Waals surface area contributed by atoms with Gasteiger partial charge in [-0.15, -0.1) is 0 Å². The molecule has 6 nitrogen and oxygen atoms in total. The minimum absolute atomic E-state index is 0.267. The van der Waals surface area contributed by atoms with Gasteiger partial charge in [0.05, 0.1) is 17.8 Å². The number of hydrogen-bond acceptors (Lipinski definition) is 5. The van der Waals surface area contributed by atoms with Crippen molar-refractivity contribution in [2.24, 2.45) is 0 Å². The Morgan fingerprint density at radius 3 is 2.52 bits per heavy atom. The van der Waals surface area contributed by atoms with Crippen LogP contribution < -0.4 is 10.1 Å². The van der Waals surface area contributed by atoms with E-state index in [0.717, 1.165) is 5.56 Å². The molecule has 1 N–H and O–H groups in total. The molecule has 0 aliphatic carbocycles. The van der Waals surface area contributed by atoms with Crippen LogP contribution in [0.2, 0.25) is 0 Å². The van der Waals surface area contributed by atoms with Crippen molar-refractivity contribution in [2.75, 3.05) is 5.32 Å². The molecule has 0 saturated carbocycles. The van der Waals surface area contributed by atoms with Crippen LogP contribution in [0.3, 0.4) is 0 Å². The van der Waals surface area contributed by atoms with Crippen molar-refractivity contribution >= 4 is 11.6 Å². The number of nitriles is 1. The second kappa shape index (κ2) is 7.32. The molecule has 3 rings (SSSR count). The van der Waals surface area contributed by atoms with Crippen LogP contribution in [0.5, 0.6) is 5.75 Å². The Kier molecular flexibility index (Phi) is 4.77. The monoisotopic (exact) mass is 333 g/mol. The molecule has 1 amide bonds. The van der Waals surface area contributed by atoms with E-state index in [2.05, 4.69) is 10.3 Å². The number of nitrogens with zero attached hydrogens (tertiary/aromatic N) is 2. The molecule has 1 heterocycles. The van der Waals surface area contributed by atoms with Gasteiger partial charge in [-0.05, 0) is 55.5 Å². The van der Waals surface area contributed by atoms with Crippen molar-refractivity contribution in [1.29, 1.82) is 5.26 Å². The van der Waals surface area contributed by atoms with Crippen LogP contribution in [-0.2, 0) is 4.79 Å². The number of benzene rings is 2. The Labute approximate surface area is 144 Å². The molecule has 6 heteroatoms. The van der Waals surface area contributed by atoms with Crippen LogP contribution in [0.1, 0.15) is 12.5 Å². The Bertz CT molecular complexity index is 879. The predicted molar refractivity (Wildman–Crippen MR) is 91.8 cm³/mol. The minimum Gasteiger partial charge on any atom is -0.481 e. The van der Waals surface area contributed by atoms with Gasteiger partial charge in [0.25, 0.3) is 5.91 Å². The second-order valence-electron chi connectivity index (χ2n) is 5.33. The molecule has 124 valence electrons. The quantitative estimate of drug-likeness (QED) is 0.770. The summed E-state index contributed by atoms with van der Waals surface area (Å²) in [6, 6.07) is 15.9. The molecule has 0 aliphatic rings. The highest BCUT2D eigenvalue weighted by Crippen LogP contribution is 2.21. The number of aromatic nitrogens is 1. The smallest absolute Gasteiger partial charge is 0.265 e. The van der Waals surface area contributed by atoms with Crippen molar-refractivity contribution in [2.45, 2.75) is 13.0 Å². The standard InChI is InChI=1S/C19H15N3O3/c1-13(25-17-8-2-14(10-20)3-9-17)19(23)22-16-6-4-15(5-7-16)18-11-21-12-24-18/h2-9,11-13H,1H3,(H,22,23). The van der Waals surface area contributed by atoms with E-state index in [-0.39, 0.29) is 5.91 Å². The van der Waals surface area contributed by atoms with E-state index in [9.17, 15) is 4.79 Å². The number of ether oxygens (including phenoxy) is 1. The van der Waals surface area contributed by atoms with Crippen molar-refractivity contribution in [3.63, 3.8) is 0 Å². The van der Waals surface area contributed by atoms with Gasteiger partial charge in [-0.25, -0.2) is 4.98 Å². The molecule has 1 unspecified atom stereocenters. The van der Waals surface area contributed by atoms with Gasteiger partial charge in [0.1, 0.15) is 5.75 Å². The van der Waals surface area contributed by atoms with Crippen LogP contribution in [0.4, 0.5) is 5.69 Å². The lowest BCUT2D eigenvalue weighted by molar-refractivity contribution is -0.122. The SMILES string of the molecule is CC(Oc1ccc(C#N)cc1)C(=O)Nc1ccc(-c2cnco2)cc1. The lowest BCUT2D eigenvalue weighted by Crippen LogP contribution is -2.30. The first-order valence-corrected chi connectivity index (χ1v) is 7.62. The fourth-order valence-electron chi connectivity index (χ4n) is 2.19. The molecule has 0 fully saturated rings. The molecule has 2 aromatic carbocycles. The maximum absolute atomic E-state index is 12.2. The molecular weight excluding hydrogens is 318 g/mol. The fraction of sp³-hybridized carbons (Fsp3) is 0.105. The summed E-state index contributed by atoms with van der Waals surface area (Å²) in [5.74, 6) is 0.925. The van der Waals surface area contributed by atoms with Gasteiger partial charge in [0, 0.05) is 11.3 Å². The van der Waals surface area contributed by atoms with Crippen molar-refractivity contribution in [3.05, 3.63) is 66.7 Å². The summed E-state index contributed by atoms with van der Waals surface area (Å²) in [5.41, 5.74) is 2.07. The zero-order chi connectivity index (χ0) is 17.6. The summed E-state index contributed by atoms with van der Waals surface area (Å²) >= 11 is 0. The molecule has 1 aromatic heterocycles. The van der Waals surface area contributed by atoms with Gasteiger partial charge in [-0.2, -0.15) is 5.26 Å². The summed E-state index contributed by atoms with van der Waals surface area (Å²) in [6.07, 6.45) is 2.32. The molecule has 0 aliphatic heterocycles. The zero-order valence-electron chi connectivity index (χ0n) is 13.5. The zero-order valence-corrected chi connectivity index (χ0v) is 13.5. The number of oxazole rings is 1. The maximum atomic E-state index is 12.2. The Morgan fingerprint density at radius 2 is 1.92 bits per heavy atom. The maximum Gasteiger partial charge on any atom is 0.265 e. The van der Waals surface area contributed by atoms with E-state index in [4.69, 9.17) is 14.4 Å². The van der Waals surface area contributed by atoms with Crippen molar-refractivity contribution in [3.8, 4) is 23.1 Å². The Hall–Kier alpha value is -3.59. The summed E-state index contributed by atoms with van der Waals surface area (Å²) in [7, 11) is 0. The third-order valence-electron chi connectivity index (χ3n) is 3.53. The average molecular weight is 333 g/mol. The van der Waals surface area contributed by atoms with Crippen molar-refractivity contribution in [1.82, 2.24) is 4.98 Å². The average Bonchev–Trinajstić information content (AvgIpc) is 3.17. The van der Waals surface area contributed by atoms with Crippen molar-refractivity contribution < 1.29 is 13.9 Å². The lowest BCUT2D eigenvalue weighted by atomic mass is 10.1. The molecule has 3 aromatic rings. The second-order valence-corrected chi connectivity index (χ2v) is 5.33. The molecule has 0 radical (unpaired) electrons. The van der Waals surface area contributed by atoms with E-state index in [1.807, 2.05) is 18.2 Å². The first-order valence-electron chi connectivity index (χ1n) is 7.62. The summed E-state index contributed by atoms with van der Waals surface area (Å²) in [5, 5.41) is 11.6. The number of carbonyl (C=O) groups excluding carboxylic acids is 1. The minimum atomic E-state index is -0.679. The molecule has 0 bridgehead atoms. The number of amides is 1. The first-order chi connectivity index (χ1) is 12.2. The highest BCUT2D eigenvalue weighted by atomic mass is 16.5. The fourth-order valence-corrected chi connectivity index (χ4v) is 2.19. The van der Waals surface area contributed by atoms with Crippen LogP contribution in [0.25, 0.3) is 11.3 Å². The van der Waals surface area contributed by atoms with E-state index >= 15 is 0 Å². The first kappa shape index (κ1) is 16.3. The van der Waals surface area contributed by atoms with Gasteiger partial charge < -0.3 is 14.5 Å². The Balaban J connectivity index is 1.60. The predicted octanol–water partition coefficient (Wildman–Crippen LogP) is 3.62. The number of carbonyl (C=O) groups is 1. The number of hydrogen-bond donors (Lipinski definition) is 1. The molecule has 25 heavy (non-hydrogen) atoms. The summed E-state index contributed by atoms with van der Waals surface area (Å²) in [4.78, 5) is 16.1. The highest BCUT2D eigenvalue weighted by molar-refractivity contribution is 5.94. The number of nitrogens with one attached hydrogen (secondary N) is 1. The van der Waals surface area contributed by atoms with E-state index in [1.54, 1.807) is 49.5 Å².